The summed E-state index contributed by atoms with van der Waals surface area (Å²) < 4.78 is 31.5. The van der Waals surface area contributed by atoms with Crippen LogP contribution in [0.3, 0.4) is 0 Å². The molecule has 0 fully saturated rings. The van der Waals surface area contributed by atoms with Gasteiger partial charge in [-0.05, 0) is 43.9 Å². The number of anilines is 1. The number of nitrogens with zero attached hydrogens (tertiary/aromatic N) is 1. The van der Waals surface area contributed by atoms with Crippen LogP contribution in [0.5, 0.6) is 0 Å². The van der Waals surface area contributed by atoms with Crippen molar-refractivity contribution in [2.75, 3.05) is 5.32 Å². The molecule has 0 unspecified atom stereocenters. The van der Waals surface area contributed by atoms with Crippen LogP contribution in [0, 0.1) is 17.6 Å². The summed E-state index contributed by atoms with van der Waals surface area (Å²) in [6.07, 6.45) is 5.19. The SMILES string of the molecule is C[C@@H](OC(=O)C[C@H]1C=CCC1)C(=O)Nc1nc(-c2ccc(F)c(F)c2)cs1. The van der Waals surface area contributed by atoms with E-state index in [1.54, 1.807) is 5.38 Å². The Kier molecular flexibility index (Phi) is 5.95. The zero-order chi connectivity index (χ0) is 19.4. The highest BCUT2D eigenvalue weighted by atomic mass is 32.1. The maximum absolute atomic E-state index is 13.3. The first-order valence-electron chi connectivity index (χ1n) is 8.50. The molecule has 1 aliphatic carbocycles. The monoisotopic (exact) mass is 392 g/mol. The van der Waals surface area contributed by atoms with Crippen molar-refractivity contribution in [3.8, 4) is 11.3 Å². The van der Waals surface area contributed by atoms with Crippen molar-refractivity contribution < 1.29 is 23.1 Å². The van der Waals surface area contributed by atoms with Gasteiger partial charge in [-0.1, -0.05) is 12.2 Å². The van der Waals surface area contributed by atoms with E-state index in [2.05, 4.69) is 10.3 Å². The molecule has 1 aromatic carbocycles. The Labute approximate surface area is 159 Å². The third-order valence-electron chi connectivity index (χ3n) is 4.17. The predicted octanol–water partition coefficient (Wildman–Crippen LogP) is 4.31. The van der Waals surface area contributed by atoms with Crippen LogP contribution in [-0.2, 0) is 14.3 Å². The minimum absolute atomic E-state index is 0.172. The predicted molar refractivity (Wildman–Crippen MR) is 98.1 cm³/mol. The van der Waals surface area contributed by atoms with Crippen molar-refractivity contribution in [3.05, 3.63) is 47.4 Å². The number of hydrogen-bond donors (Lipinski definition) is 1. The van der Waals surface area contributed by atoms with Crippen LogP contribution >= 0.6 is 11.3 Å². The quantitative estimate of drug-likeness (QED) is 0.587. The molecule has 1 amide bonds. The van der Waals surface area contributed by atoms with Crippen molar-refractivity contribution in [1.29, 1.82) is 0 Å². The van der Waals surface area contributed by atoms with E-state index in [4.69, 9.17) is 4.74 Å². The average Bonchev–Trinajstić information content (AvgIpc) is 3.29. The molecule has 1 aliphatic rings. The fraction of sp³-hybridized carbons (Fsp3) is 0.316. The van der Waals surface area contributed by atoms with Gasteiger partial charge in [0.05, 0.1) is 12.1 Å². The second kappa shape index (κ2) is 8.39. The van der Waals surface area contributed by atoms with Crippen molar-refractivity contribution in [1.82, 2.24) is 4.98 Å². The number of thiazole rings is 1. The van der Waals surface area contributed by atoms with Gasteiger partial charge in [0.1, 0.15) is 0 Å². The van der Waals surface area contributed by atoms with E-state index in [1.807, 2.05) is 12.2 Å². The number of aromatic nitrogens is 1. The lowest BCUT2D eigenvalue weighted by Gasteiger charge is -2.13. The number of carbonyl (C=O) groups is 2. The summed E-state index contributed by atoms with van der Waals surface area (Å²) in [5, 5.41) is 4.46. The minimum Gasteiger partial charge on any atom is -0.453 e. The number of allylic oxidation sites excluding steroid dienone is 2. The number of ether oxygens (including phenoxy) is 1. The van der Waals surface area contributed by atoms with Gasteiger partial charge in [-0.15, -0.1) is 11.3 Å². The largest absolute Gasteiger partial charge is 0.453 e. The Morgan fingerprint density at radius 2 is 2.19 bits per heavy atom. The smallest absolute Gasteiger partial charge is 0.307 e. The molecule has 0 radical (unpaired) electrons. The third-order valence-corrected chi connectivity index (χ3v) is 4.93. The molecular weight excluding hydrogens is 374 g/mol. The topological polar surface area (TPSA) is 68.3 Å². The van der Waals surface area contributed by atoms with Gasteiger partial charge in [-0.2, -0.15) is 0 Å². The molecule has 0 saturated carbocycles. The minimum atomic E-state index is -0.969. The van der Waals surface area contributed by atoms with Gasteiger partial charge >= 0.3 is 5.97 Å². The molecule has 1 heterocycles. The summed E-state index contributed by atoms with van der Waals surface area (Å²) >= 11 is 1.14. The van der Waals surface area contributed by atoms with Crippen LogP contribution < -0.4 is 5.32 Å². The van der Waals surface area contributed by atoms with E-state index >= 15 is 0 Å². The molecule has 0 bridgehead atoms. The second-order valence-corrected chi connectivity index (χ2v) is 7.12. The molecule has 0 aliphatic heterocycles. The number of esters is 1. The maximum atomic E-state index is 13.3. The van der Waals surface area contributed by atoms with Crippen LogP contribution in [0.15, 0.2) is 35.7 Å². The summed E-state index contributed by atoms with van der Waals surface area (Å²) in [4.78, 5) is 28.3. The Balaban J connectivity index is 1.55. The number of carbonyl (C=O) groups excluding carboxylic acids is 2. The second-order valence-electron chi connectivity index (χ2n) is 6.26. The molecule has 3 rings (SSSR count). The molecule has 1 aromatic heterocycles. The summed E-state index contributed by atoms with van der Waals surface area (Å²) in [5.74, 6) is -2.66. The highest BCUT2D eigenvalue weighted by Crippen LogP contribution is 2.26. The summed E-state index contributed by atoms with van der Waals surface area (Å²) in [6.45, 7) is 1.49. The van der Waals surface area contributed by atoms with Crippen LogP contribution in [-0.4, -0.2) is 23.0 Å². The van der Waals surface area contributed by atoms with Crippen LogP contribution in [0.2, 0.25) is 0 Å². The summed E-state index contributed by atoms with van der Waals surface area (Å²) in [5.41, 5.74) is 0.807. The molecule has 142 valence electrons. The van der Waals surface area contributed by atoms with Crippen molar-refractivity contribution in [2.45, 2.75) is 32.3 Å². The number of benzene rings is 1. The number of hydrogen-bond acceptors (Lipinski definition) is 5. The Morgan fingerprint density at radius 1 is 1.37 bits per heavy atom. The van der Waals surface area contributed by atoms with Crippen molar-refractivity contribution >= 4 is 28.3 Å². The van der Waals surface area contributed by atoms with Gasteiger partial charge in [0, 0.05) is 10.9 Å². The first-order chi connectivity index (χ1) is 12.9. The molecule has 0 spiro atoms. The van der Waals surface area contributed by atoms with Crippen LogP contribution in [0.1, 0.15) is 26.2 Å². The van der Waals surface area contributed by atoms with Gasteiger partial charge in [-0.25, -0.2) is 13.8 Å². The van der Waals surface area contributed by atoms with Gasteiger partial charge in [0.2, 0.25) is 0 Å². The molecule has 5 nitrogen and oxygen atoms in total. The van der Waals surface area contributed by atoms with Crippen molar-refractivity contribution in [3.63, 3.8) is 0 Å². The highest BCUT2D eigenvalue weighted by Gasteiger charge is 2.22. The van der Waals surface area contributed by atoms with E-state index < -0.39 is 29.6 Å². The van der Waals surface area contributed by atoms with Crippen molar-refractivity contribution in [2.24, 2.45) is 5.92 Å². The third kappa shape index (κ3) is 4.97. The molecule has 0 saturated heterocycles. The average molecular weight is 392 g/mol. The van der Waals surface area contributed by atoms with E-state index in [1.165, 1.54) is 13.0 Å². The molecule has 2 atom stereocenters. The Hall–Kier alpha value is -2.61. The van der Waals surface area contributed by atoms with Gasteiger partial charge in [0.25, 0.3) is 5.91 Å². The van der Waals surface area contributed by atoms with Gasteiger partial charge in [-0.3, -0.25) is 14.9 Å². The standard InChI is InChI=1S/C19H18F2N2O3S/c1-11(26-17(24)8-12-4-2-3-5-12)18(25)23-19-22-16(10-27-19)13-6-7-14(20)15(21)9-13/h2,4,6-7,9-12H,3,5,8H2,1H3,(H,22,23,25)/t11-,12+/m1/s1. The van der Waals surface area contributed by atoms with Gasteiger partial charge < -0.3 is 4.74 Å². The van der Waals surface area contributed by atoms with E-state index in [0.29, 0.717) is 11.3 Å². The van der Waals surface area contributed by atoms with Crippen LogP contribution in [0.25, 0.3) is 11.3 Å². The van der Waals surface area contributed by atoms with Crippen LogP contribution in [0.4, 0.5) is 13.9 Å². The molecule has 2 aromatic rings. The van der Waals surface area contributed by atoms with E-state index in [9.17, 15) is 18.4 Å². The fourth-order valence-electron chi connectivity index (χ4n) is 2.70. The fourth-order valence-corrected chi connectivity index (χ4v) is 3.43. The molecule has 27 heavy (non-hydrogen) atoms. The first-order valence-corrected chi connectivity index (χ1v) is 9.38. The summed E-state index contributed by atoms with van der Waals surface area (Å²) in [7, 11) is 0. The Morgan fingerprint density at radius 3 is 2.89 bits per heavy atom. The maximum Gasteiger partial charge on any atom is 0.307 e. The lowest BCUT2D eigenvalue weighted by molar-refractivity contribution is -0.153. The lowest BCUT2D eigenvalue weighted by atomic mass is 10.1. The number of halogens is 2. The first kappa shape index (κ1) is 19.2. The highest BCUT2D eigenvalue weighted by molar-refractivity contribution is 7.14. The zero-order valence-corrected chi connectivity index (χ0v) is 15.4. The molecular formula is C19H18F2N2O3S. The van der Waals surface area contributed by atoms with E-state index in [-0.39, 0.29) is 17.5 Å². The number of nitrogens with one attached hydrogen (secondary N) is 1. The van der Waals surface area contributed by atoms with E-state index in [0.717, 1.165) is 36.3 Å². The van der Waals surface area contributed by atoms with Gasteiger partial charge in [0.15, 0.2) is 22.9 Å². The lowest BCUT2D eigenvalue weighted by Crippen LogP contribution is -2.30. The molecule has 1 N–H and O–H groups in total. The summed E-state index contributed by atoms with van der Waals surface area (Å²) in [6, 6.07) is 3.46. The zero-order valence-electron chi connectivity index (χ0n) is 14.6. The molecule has 8 heteroatoms. The Bertz CT molecular complexity index is 882. The number of rotatable bonds is 6. The number of amides is 1. The normalized spacial score (nSPS) is 16.9.